The van der Waals surface area contributed by atoms with Crippen LogP contribution in [0, 0.1) is 0 Å². The fourth-order valence-corrected chi connectivity index (χ4v) is 1.25. The van der Waals surface area contributed by atoms with Crippen molar-refractivity contribution in [3.8, 4) is 0 Å². The lowest BCUT2D eigenvalue weighted by molar-refractivity contribution is 0.461. The van der Waals surface area contributed by atoms with E-state index in [1.165, 1.54) is 0 Å². The molecule has 0 N–H and O–H groups in total. The van der Waals surface area contributed by atoms with Gasteiger partial charge in [-0.25, -0.2) is 9.98 Å². The topological polar surface area (TPSA) is 28.0 Å². The first-order chi connectivity index (χ1) is 6.27. The molecule has 0 radical (unpaired) electrons. The van der Waals surface area contributed by atoms with Crippen molar-refractivity contribution in [2.75, 3.05) is 13.1 Å². The summed E-state index contributed by atoms with van der Waals surface area (Å²) in [7, 11) is 0. The molecule has 0 aromatic heterocycles. The molecule has 0 aliphatic carbocycles. The second kappa shape index (κ2) is 4.80. The van der Waals surface area contributed by atoms with Crippen molar-refractivity contribution >= 4 is 11.7 Å². The molecule has 1 aliphatic rings. The van der Waals surface area contributed by atoms with Crippen molar-refractivity contribution in [1.29, 1.82) is 0 Å². The summed E-state index contributed by atoms with van der Waals surface area (Å²) in [5.41, 5.74) is 1.12. The Balaban J connectivity index is 2.82. The zero-order valence-electron chi connectivity index (χ0n) is 8.62. The molecule has 0 amide bonds. The van der Waals surface area contributed by atoms with Crippen molar-refractivity contribution in [2.45, 2.75) is 27.2 Å². The highest BCUT2D eigenvalue weighted by atomic mass is 15.3. The Hall–Kier alpha value is -1.12. The van der Waals surface area contributed by atoms with E-state index in [2.05, 4.69) is 28.7 Å². The summed E-state index contributed by atoms with van der Waals surface area (Å²) < 4.78 is 0. The molecule has 0 aromatic carbocycles. The zero-order valence-corrected chi connectivity index (χ0v) is 8.62. The van der Waals surface area contributed by atoms with E-state index in [1.807, 2.05) is 19.2 Å². The first-order valence-corrected chi connectivity index (χ1v) is 4.79. The van der Waals surface area contributed by atoms with Gasteiger partial charge in [-0.15, -0.1) is 0 Å². The van der Waals surface area contributed by atoms with Crippen LogP contribution in [0.1, 0.15) is 27.2 Å². The van der Waals surface area contributed by atoms with Crippen LogP contribution < -0.4 is 0 Å². The van der Waals surface area contributed by atoms with Crippen LogP contribution in [0.25, 0.3) is 0 Å². The first-order valence-electron chi connectivity index (χ1n) is 4.79. The second-order valence-corrected chi connectivity index (χ2v) is 3.04. The number of guanidine groups is 1. The summed E-state index contributed by atoms with van der Waals surface area (Å²) in [6, 6.07) is 0. The standard InChI is InChI=1S/C10H17N3/c1-4-13(5-2)10-11-8-6-7-9(3)12-10/h6,8H,4-5,7H2,1-3H3. The van der Waals surface area contributed by atoms with E-state index in [4.69, 9.17) is 0 Å². The molecular weight excluding hydrogens is 162 g/mol. The molecule has 0 fully saturated rings. The van der Waals surface area contributed by atoms with Crippen LogP contribution in [0.2, 0.25) is 0 Å². The molecule has 0 unspecified atom stereocenters. The predicted octanol–water partition coefficient (Wildman–Crippen LogP) is 2.06. The van der Waals surface area contributed by atoms with Gasteiger partial charge in [-0.05, 0) is 20.8 Å². The molecule has 3 nitrogen and oxygen atoms in total. The Morgan fingerprint density at radius 3 is 2.69 bits per heavy atom. The van der Waals surface area contributed by atoms with Gasteiger partial charge in [0.05, 0.1) is 0 Å². The molecule has 0 aromatic rings. The molecule has 1 heterocycles. The van der Waals surface area contributed by atoms with Gasteiger partial charge < -0.3 is 4.90 Å². The van der Waals surface area contributed by atoms with Gasteiger partial charge in [0.15, 0.2) is 0 Å². The smallest absolute Gasteiger partial charge is 0.225 e. The fourth-order valence-electron chi connectivity index (χ4n) is 1.25. The summed E-state index contributed by atoms with van der Waals surface area (Å²) in [5, 5.41) is 0. The number of allylic oxidation sites excluding steroid dienone is 1. The van der Waals surface area contributed by atoms with Crippen molar-refractivity contribution in [2.24, 2.45) is 9.98 Å². The Bertz CT molecular complexity index is 247. The maximum Gasteiger partial charge on any atom is 0.225 e. The SMILES string of the molecule is CCN(CC)C1=NC=CCC(C)=N1. The van der Waals surface area contributed by atoms with Crippen molar-refractivity contribution in [3.05, 3.63) is 12.3 Å². The molecule has 72 valence electrons. The Labute approximate surface area is 79.9 Å². The molecule has 0 saturated heterocycles. The minimum atomic E-state index is 0.844. The largest absolute Gasteiger partial charge is 0.341 e. The van der Waals surface area contributed by atoms with Crippen LogP contribution >= 0.6 is 0 Å². The van der Waals surface area contributed by atoms with Gasteiger partial charge in [-0.3, -0.25) is 0 Å². The van der Waals surface area contributed by atoms with Gasteiger partial charge in [0.2, 0.25) is 5.96 Å². The Morgan fingerprint density at radius 2 is 2.08 bits per heavy atom. The van der Waals surface area contributed by atoms with Crippen LogP contribution in [-0.2, 0) is 0 Å². The predicted molar refractivity (Wildman–Crippen MR) is 57.2 cm³/mol. The van der Waals surface area contributed by atoms with E-state index in [0.29, 0.717) is 0 Å². The third-order valence-electron chi connectivity index (χ3n) is 2.05. The van der Waals surface area contributed by atoms with E-state index in [0.717, 1.165) is 31.2 Å². The average molecular weight is 179 g/mol. The quantitative estimate of drug-likeness (QED) is 0.637. The van der Waals surface area contributed by atoms with E-state index in [9.17, 15) is 0 Å². The van der Waals surface area contributed by atoms with Crippen molar-refractivity contribution in [3.63, 3.8) is 0 Å². The molecule has 13 heavy (non-hydrogen) atoms. The second-order valence-electron chi connectivity index (χ2n) is 3.04. The van der Waals surface area contributed by atoms with Gasteiger partial charge in [0.1, 0.15) is 0 Å². The third kappa shape index (κ3) is 2.68. The molecule has 0 bridgehead atoms. The Morgan fingerprint density at radius 1 is 1.38 bits per heavy atom. The molecule has 0 atom stereocenters. The number of hydrogen-bond acceptors (Lipinski definition) is 3. The van der Waals surface area contributed by atoms with Gasteiger partial charge in [0.25, 0.3) is 0 Å². The lowest BCUT2D eigenvalue weighted by atomic mass is 10.3. The summed E-state index contributed by atoms with van der Waals surface area (Å²) in [6.07, 6.45) is 4.79. The monoisotopic (exact) mass is 179 g/mol. The fraction of sp³-hybridized carbons (Fsp3) is 0.600. The summed E-state index contributed by atoms with van der Waals surface area (Å²) in [6.45, 7) is 8.19. The lowest BCUT2D eigenvalue weighted by Crippen LogP contribution is -2.29. The van der Waals surface area contributed by atoms with E-state index in [-0.39, 0.29) is 0 Å². The Kier molecular flexibility index (Phi) is 3.68. The van der Waals surface area contributed by atoms with E-state index in [1.54, 1.807) is 0 Å². The number of hydrogen-bond donors (Lipinski definition) is 0. The van der Waals surface area contributed by atoms with Crippen molar-refractivity contribution in [1.82, 2.24) is 4.90 Å². The van der Waals surface area contributed by atoms with Crippen LogP contribution in [0.5, 0.6) is 0 Å². The number of aliphatic imine (C=N–C) groups is 2. The van der Waals surface area contributed by atoms with Crippen LogP contribution in [0.4, 0.5) is 0 Å². The average Bonchev–Trinajstić information content (AvgIpc) is 2.32. The van der Waals surface area contributed by atoms with Crippen molar-refractivity contribution < 1.29 is 0 Å². The maximum atomic E-state index is 4.45. The highest BCUT2D eigenvalue weighted by Gasteiger charge is 2.06. The van der Waals surface area contributed by atoms with E-state index < -0.39 is 0 Å². The number of nitrogens with zero attached hydrogens (tertiary/aromatic N) is 3. The molecule has 0 spiro atoms. The van der Waals surface area contributed by atoms with Gasteiger partial charge in [-0.1, -0.05) is 6.08 Å². The minimum Gasteiger partial charge on any atom is -0.341 e. The lowest BCUT2D eigenvalue weighted by Gasteiger charge is -2.18. The van der Waals surface area contributed by atoms with Crippen LogP contribution in [-0.4, -0.2) is 29.7 Å². The molecule has 3 heteroatoms. The summed E-state index contributed by atoms with van der Waals surface area (Å²) in [5.74, 6) is 0.844. The zero-order chi connectivity index (χ0) is 9.68. The van der Waals surface area contributed by atoms with Gasteiger partial charge in [0, 0.05) is 31.4 Å². The van der Waals surface area contributed by atoms with Crippen LogP contribution in [0.3, 0.4) is 0 Å². The normalized spacial score (nSPS) is 16.2. The highest BCUT2D eigenvalue weighted by Crippen LogP contribution is 2.02. The van der Waals surface area contributed by atoms with Crippen LogP contribution in [0.15, 0.2) is 22.3 Å². The molecule has 1 aliphatic heterocycles. The van der Waals surface area contributed by atoms with E-state index >= 15 is 0 Å². The summed E-state index contributed by atoms with van der Waals surface area (Å²) >= 11 is 0. The maximum absolute atomic E-state index is 4.45. The molecule has 0 saturated carbocycles. The van der Waals surface area contributed by atoms with Gasteiger partial charge in [-0.2, -0.15) is 0 Å². The third-order valence-corrected chi connectivity index (χ3v) is 2.05. The summed E-state index contributed by atoms with van der Waals surface area (Å²) in [4.78, 5) is 10.9. The highest BCUT2D eigenvalue weighted by molar-refractivity contribution is 5.97. The minimum absolute atomic E-state index is 0.844. The number of rotatable bonds is 2. The first kappa shape index (κ1) is 9.96. The van der Waals surface area contributed by atoms with Gasteiger partial charge >= 0.3 is 0 Å². The molecule has 1 rings (SSSR count). The molecular formula is C10H17N3.